The average Bonchev–Trinajstić information content (AvgIpc) is 3.28. The SMILES string of the molecule is [2H]C([2H])([2H])c1ccc2c(n1)oc1c(-c3nccc4c(C([2H])([2H])C(C)(C)C)c(C)sc34)cccc12. The highest BCUT2D eigenvalue weighted by molar-refractivity contribution is 7.19. The van der Waals surface area contributed by atoms with Crippen molar-refractivity contribution in [2.24, 2.45) is 5.41 Å². The molecule has 0 aliphatic heterocycles. The number of fused-ring (bicyclic) bond motifs is 4. The lowest BCUT2D eigenvalue weighted by Gasteiger charge is -2.18. The van der Waals surface area contributed by atoms with Gasteiger partial charge in [-0.05, 0) is 60.8 Å². The number of aromatic nitrogens is 2. The van der Waals surface area contributed by atoms with E-state index in [1.54, 1.807) is 12.3 Å². The molecule has 0 radical (unpaired) electrons. The molecule has 0 amide bonds. The predicted octanol–water partition coefficient (Wildman–Crippen LogP) is 7.46. The molecule has 0 N–H and O–H groups in total. The van der Waals surface area contributed by atoms with Crippen molar-refractivity contribution in [3.8, 4) is 11.3 Å². The molecular weight excluding hydrogens is 376 g/mol. The number of para-hydroxylation sites is 1. The van der Waals surface area contributed by atoms with E-state index in [4.69, 9.17) is 11.3 Å². The van der Waals surface area contributed by atoms with Gasteiger partial charge >= 0.3 is 0 Å². The first-order valence-electron chi connectivity index (χ1n) is 12.0. The molecule has 0 unspecified atom stereocenters. The first kappa shape index (κ1) is 13.5. The van der Waals surface area contributed by atoms with Crippen molar-refractivity contribution in [3.05, 3.63) is 58.7 Å². The lowest BCUT2D eigenvalue weighted by molar-refractivity contribution is 0.412. The number of pyridine rings is 2. The van der Waals surface area contributed by atoms with Crippen molar-refractivity contribution in [3.63, 3.8) is 0 Å². The van der Waals surface area contributed by atoms with Gasteiger partial charge < -0.3 is 4.42 Å². The molecule has 5 aromatic rings. The van der Waals surface area contributed by atoms with E-state index in [1.165, 1.54) is 17.4 Å². The fraction of sp³-hybridized carbons (Fsp3) is 0.280. The highest BCUT2D eigenvalue weighted by Crippen LogP contribution is 2.42. The number of aryl methyl sites for hydroxylation is 2. The highest BCUT2D eigenvalue weighted by atomic mass is 32.1. The van der Waals surface area contributed by atoms with Crippen LogP contribution in [0.25, 0.3) is 43.4 Å². The summed E-state index contributed by atoms with van der Waals surface area (Å²) in [4.78, 5) is 9.85. The van der Waals surface area contributed by atoms with Gasteiger partial charge in [-0.3, -0.25) is 4.98 Å². The number of rotatable bonds is 2. The van der Waals surface area contributed by atoms with Crippen molar-refractivity contribution in [2.75, 3.05) is 0 Å². The van der Waals surface area contributed by atoms with Gasteiger partial charge in [0.15, 0.2) is 0 Å². The Bertz CT molecular complexity index is 1570. The first-order valence-corrected chi connectivity index (χ1v) is 10.3. The zero-order valence-corrected chi connectivity index (χ0v) is 17.6. The summed E-state index contributed by atoms with van der Waals surface area (Å²) in [5, 5.41) is 2.42. The van der Waals surface area contributed by atoms with Crippen molar-refractivity contribution in [2.45, 2.75) is 40.9 Å². The fourth-order valence-corrected chi connectivity index (χ4v) is 4.84. The minimum atomic E-state index is -2.32. The largest absolute Gasteiger partial charge is 0.437 e. The summed E-state index contributed by atoms with van der Waals surface area (Å²) in [6.07, 6.45) is 0.174. The van der Waals surface area contributed by atoms with Crippen molar-refractivity contribution >= 4 is 43.5 Å². The zero-order valence-electron chi connectivity index (χ0n) is 21.8. The fourth-order valence-electron chi connectivity index (χ4n) is 3.73. The molecule has 29 heavy (non-hydrogen) atoms. The van der Waals surface area contributed by atoms with Gasteiger partial charge in [0.25, 0.3) is 0 Å². The summed E-state index contributed by atoms with van der Waals surface area (Å²) < 4.78 is 47.8. The van der Waals surface area contributed by atoms with Crippen LogP contribution in [-0.2, 0) is 6.37 Å². The average molecular weight is 406 g/mol. The monoisotopic (exact) mass is 405 g/mol. The maximum Gasteiger partial charge on any atom is 0.227 e. The van der Waals surface area contributed by atoms with Crippen LogP contribution < -0.4 is 0 Å². The van der Waals surface area contributed by atoms with E-state index in [0.29, 0.717) is 16.8 Å². The Morgan fingerprint density at radius 3 is 2.76 bits per heavy atom. The van der Waals surface area contributed by atoms with Crippen molar-refractivity contribution in [1.82, 2.24) is 9.97 Å². The second kappa shape index (κ2) is 6.39. The van der Waals surface area contributed by atoms with Gasteiger partial charge in [0, 0.05) is 40.0 Å². The Morgan fingerprint density at radius 1 is 1.10 bits per heavy atom. The Balaban J connectivity index is 1.78. The van der Waals surface area contributed by atoms with E-state index in [9.17, 15) is 0 Å². The molecule has 0 atom stereocenters. The lowest BCUT2D eigenvalue weighted by Crippen LogP contribution is -2.09. The summed E-state index contributed by atoms with van der Waals surface area (Å²) in [7, 11) is 0. The van der Waals surface area contributed by atoms with Gasteiger partial charge in [-0.2, -0.15) is 0 Å². The van der Waals surface area contributed by atoms with Crippen LogP contribution in [0.15, 0.2) is 47.0 Å². The molecule has 0 bridgehead atoms. The van der Waals surface area contributed by atoms with Crippen molar-refractivity contribution in [1.29, 1.82) is 0 Å². The van der Waals surface area contributed by atoms with E-state index in [0.717, 1.165) is 31.3 Å². The van der Waals surface area contributed by atoms with Crippen LogP contribution in [0.3, 0.4) is 0 Å². The molecule has 0 aliphatic rings. The summed E-state index contributed by atoms with van der Waals surface area (Å²) in [5.74, 6) is 0. The Hall–Kier alpha value is -2.72. The van der Waals surface area contributed by atoms with Crippen LogP contribution in [0.2, 0.25) is 0 Å². The quantitative estimate of drug-likeness (QED) is 0.306. The van der Waals surface area contributed by atoms with Crippen LogP contribution in [0, 0.1) is 19.2 Å². The number of thiophene rings is 1. The smallest absolute Gasteiger partial charge is 0.227 e. The number of furan rings is 1. The molecule has 0 saturated heterocycles. The first-order chi connectivity index (χ1) is 15.8. The van der Waals surface area contributed by atoms with E-state index in [2.05, 4.69) is 9.97 Å². The second-order valence-electron chi connectivity index (χ2n) is 8.28. The third-order valence-corrected chi connectivity index (χ3v) is 6.03. The zero-order chi connectivity index (χ0) is 24.6. The molecule has 0 spiro atoms. The number of hydrogen-bond donors (Lipinski definition) is 0. The van der Waals surface area contributed by atoms with Crippen LogP contribution in [0.1, 0.15) is 43.8 Å². The van der Waals surface area contributed by atoms with Gasteiger partial charge in [0.05, 0.1) is 10.4 Å². The molecule has 0 saturated carbocycles. The minimum Gasteiger partial charge on any atom is -0.437 e. The summed E-state index contributed by atoms with van der Waals surface area (Å²) in [5.41, 5.74) is 2.44. The standard InChI is InChI=1S/C25H24N2OS/c1-14-9-10-18-16-7-6-8-19(22(16)28-24(18)27-14)21-23-17(11-12-26-21)20(15(2)29-23)13-25(3,4)5/h6-12H,13H2,1-5H3/i1D3,13D2. The van der Waals surface area contributed by atoms with Crippen LogP contribution in [0.5, 0.6) is 0 Å². The Morgan fingerprint density at radius 2 is 1.97 bits per heavy atom. The van der Waals surface area contributed by atoms with E-state index < -0.39 is 18.6 Å². The number of nitrogens with zero attached hydrogens (tertiary/aromatic N) is 2. The molecule has 5 rings (SSSR count). The van der Waals surface area contributed by atoms with E-state index >= 15 is 0 Å². The summed E-state index contributed by atoms with van der Waals surface area (Å²) in [6.45, 7) is 5.37. The second-order valence-corrected chi connectivity index (χ2v) is 9.50. The summed E-state index contributed by atoms with van der Waals surface area (Å²) in [6, 6.07) is 10.9. The van der Waals surface area contributed by atoms with Crippen LogP contribution >= 0.6 is 11.3 Å². The van der Waals surface area contributed by atoms with E-state index in [1.807, 2.05) is 52.0 Å². The molecular formula is C25H24N2OS. The molecule has 1 aromatic carbocycles. The third kappa shape index (κ3) is 3.03. The molecule has 4 heterocycles. The maximum absolute atomic E-state index is 8.89. The molecule has 3 nitrogen and oxygen atoms in total. The van der Waals surface area contributed by atoms with Crippen LogP contribution in [-0.4, -0.2) is 9.97 Å². The predicted molar refractivity (Wildman–Crippen MR) is 123 cm³/mol. The Labute approximate surface area is 181 Å². The normalized spacial score (nSPS) is 15.9. The maximum atomic E-state index is 8.89. The summed E-state index contributed by atoms with van der Waals surface area (Å²) >= 11 is 1.53. The van der Waals surface area contributed by atoms with Gasteiger partial charge in [-0.25, -0.2) is 4.98 Å². The molecule has 4 heteroatoms. The Kier molecular flexibility index (Phi) is 2.97. The van der Waals surface area contributed by atoms with Gasteiger partial charge in [-0.15, -0.1) is 11.3 Å². The molecule has 4 aromatic heterocycles. The lowest BCUT2D eigenvalue weighted by atomic mass is 9.87. The van der Waals surface area contributed by atoms with E-state index in [-0.39, 0.29) is 11.4 Å². The molecule has 0 aliphatic carbocycles. The number of benzene rings is 1. The molecule has 0 fully saturated rings. The van der Waals surface area contributed by atoms with Crippen molar-refractivity contribution < 1.29 is 11.3 Å². The third-order valence-electron chi connectivity index (χ3n) is 4.90. The van der Waals surface area contributed by atoms with Crippen LogP contribution in [0.4, 0.5) is 0 Å². The van der Waals surface area contributed by atoms with Gasteiger partial charge in [-0.1, -0.05) is 32.9 Å². The minimum absolute atomic E-state index is 0.0104. The van der Waals surface area contributed by atoms with Gasteiger partial charge in [0.1, 0.15) is 5.58 Å². The topological polar surface area (TPSA) is 38.9 Å². The highest BCUT2D eigenvalue weighted by Gasteiger charge is 2.21. The van der Waals surface area contributed by atoms with Gasteiger partial charge in [0.2, 0.25) is 5.71 Å². The number of hydrogen-bond acceptors (Lipinski definition) is 4. The molecule has 146 valence electrons.